The van der Waals surface area contributed by atoms with E-state index in [9.17, 15) is 0 Å². The normalized spacial score (nSPS) is 11.5. The van der Waals surface area contributed by atoms with Gasteiger partial charge < -0.3 is 19.8 Å². The zero-order valence-electron chi connectivity index (χ0n) is 15.3. The largest absolute Gasteiger partial charge is 0.358 e. The molecule has 140 valence electrons. The number of fused-ring (bicyclic) bond motifs is 1. The van der Waals surface area contributed by atoms with E-state index in [1.807, 2.05) is 37.0 Å². The average molecular weight is 486 g/mol. The van der Waals surface area contributed by atoms with Crippen molar-refractivity contribution >= 4 is 52.4 Å². The lowest BCUT2D eigenvalue weighted by Crippen LogP contribution is -2.39. The van der Waals surface area contributed by atoms with Crippen molar-refractivity contribution in [1.82, 2.24) is 19.8 Å². The molecular weight excluding hydrogens is 461 g/mol. The summed E-state index contributed by atoms with van der Waals surface area (Å²) in [4.78, 5) is 9.92. The van der Waals surface area contributed by atoms with Crippen molar-refractivity contribution in [3.05, 3.63) is 59.0 Å². The number of guanidine groups is 1. The maximum Gasteiger partial charge on any atom is 0.193 e. The van der Waals surface area contributed by atoms with Crippen molar-refractivity contribution in [2.45, 2.75) is 13.0 Å². The molecule has 0 radical (unpaired) electrons. The summed E-state index contributed by atoms with van der Waals surface area (Å²) in [7, 11) is 5.83. The molecule has 0 saturated heterocycles. The third kappa shape index (κ3) is 4.94. The van der Waals surface area contributed by atoms with Gasteiger partial charge in [-0.1, -0.05) is 29.8 Å². The van der Waals surface area contributed by atoms with Crippen LogP contribution in [-0.4, -0.2) is 41.1 Å². The van der Waals surface area contributed by atoms with Crippen molar-refractivity contribution < 1.29 is 0 Å². The van der Waals surface area contributed by atoms with Gasteiger partial charge >= 0.3 is 0 Å². The lowest BCUT2D eigenvalue weighted by Gasteiger charge is -2.22. The predicted molar refractivity (Wildman–Crippen MR) is 121 cm³/mol. The minimum absolute atomic E-state index is 0. The zero-order chi connectivity index (χ0) is 17.8. The van der Waals surface area contributed by atoms with Gasteiger partial charge in [0.1, 0.15) is 0 Å². The number of hydrogen-bond donors (Lipinski definition) is 2. The minimum Gasteiger partial charge on any atom is -0.358 e. The Hall–Kier alpha value is -1.67. The SMILES string of the molecule is CN=C(NCCc1cc2ccccc2[nH]1)N(C)Cc1cc(Cl)cn1C.I. The molecule has 0 aliphatic rings. The lowest BCUT2D eigenvalue weighted by atomic mass is 10.2. The molecule has 2 heterocycles. The van der Waals surface area contributed by atoms with Crippen LogP contribution in [0.3, 0.4) is 0 Å². The van der Waals surface area contributed by atoms with Crippen LogP contribution in [0.5, 0.6) is 0 Å². The van der Waals surface area contributed by atoms with Crippen LogP contribution in [0.2, 0.25) is 5.02 Å². The Morgan fingerprint density at radius 2 is 2.08 bits per heavy atom. The molecule has 2 N–H and O–H groups in total. The topological polar surface area (TPSA) is 48.4 Å². The number of halogens is 2. The summed E-state index contributed by atoms with van der Waals surface area (Å²) < 4.78 is 2.04. The first-order valence-corrected chi connectivity index (χ1v) is 8.74. The number of aryl methyl sites for hydroxylation is 1. The number of nitrogens with zero attached hydrogens (tertiary/aromatic N) is 3. The number of benzene rings is 1. The first-order chi connectivity index (χ1) is 12.1. The quantitative estimate of drug-likeness (QED) is 0.326. The number of aliphatic imine (C=N–C) groups is 1. The van der Waals surface area contributed by atoms with E-state index in [0.717, 1.165) is 36.2 Å². The van der Waals surface area contributed by atoms with Crippen LogP contribution in [0.4, 0.5) is 0 Å². The second-order valence-electron chi connectivity index (χ2n) is 6.22. The van der Waals surface area contributed by atoms with Gasteiger partial charge in [0, 0.05) is 57.2 Å². The van der Waals surface area contributed by atoms with Gasteiger partial charge in [-0.05, 0) is 23.6 Å². The Labute approximate surface area is 176 Å². The molecule has 26 heavy (non-hydrogen) atoms. The van der Waals surface area contributed by atoms with Crippen LogP contribution in [-0.2, 0) is 20.0 Å². The Balaban J connectivity index is 0.00000243. The van der Waals surface area contributed by atoms with Gasteiger partial charge in [-0.2, -0.15) is 0 Å². The Bertz CT molecular complexity index is 850. The fraction of sp³-hybridized carbons (Fsp3) is 0.316. The Morgan fingerprint density at radius 3 is 2.73 bits per heavy atom. The fourth-order valence-electron chi connectivity index (χ4n) is 3.00. The zero-order valence-corrected chi connectivity index (χ0v) is 18.4. The smallest absolute Gasteiger partial charge is 0.193 e. The Kier molecular flexibility index (Phi) is 7.40. The van der Waals surface area contributed by atoms with E-state index in [2.05, 4.69) is 44.5 Å². The van der Waals surface area contributed by atoms with E-state index < -0.39 is 0 Å². The summed E-state index contributed by atoms with van der Waals surface area (Å²) >= 11 is 6.06. The van der Waals surface area contributed by atoms with Gasteiger partial charge in [0.2, 0.25) is 0 Å². The first-order valence-electron chi connectivity index (χ1n) is 8.36. The second-order valence-corrected chi connectivity index (χ2v) is 6.66. The van der Waals surface area contributed by atoms with Gasteiger partial charge in [-0.15, -0.1) is 24.0 Å². The molecule has 1 aromatic carbocycles. The van der Waals surface area contributed by atoms with Gasteiger partial charge in [0.05, 0.1) is 11.6 Å². The fourth-order valence-corrected chi connectivity index (χ4v) is 3.28. The van der Waals surface area contributed by atoms with Gasteiger partial charge in [0.25, 0.3) is 0 Å². The van der Waals surface area contributed by atoms with E-state index in [1.54, 1.807) is 7.05 Å². The van der Waals surface area contributed by atoms with E-state index >= 15 is 0 Å². The van der Waals surface area contributed by atoms with Crippen molar-refractivity contribution in [3.8, 4) is 0 Å². The van der Waals surface area contributed by atoms with Crippen LogP contribution < -0.4 is 5.32 Å². The third-order valence-corrected chi connectivity index (χ3v) is 4.52. The molecular formula is C19H25ClIN5. The van der Waals surface area contributed by atoms with Crippen molar-refractivity contribution in [1.29, 1.82) is 0 Å². The highest BCUT2D eigenvalue weighted by Crippen LogP contribution is 2.15. The molecule has 0 bridgehead atoms. The first kappa shape index (κ1) is 20.6. The van der Waals surface area contributed by atoms with E-state index in [-0.39, 0.29) is 24.0 Å². The van der Waals surface area contributed by atoms with E-state index in [4.69, 9.17) is 11.6 Å². The molecule has 0 amide bonds. The van der Waals surface area contributed by atoms with Crippen molar-refractivity contribution in [3.63, 3.8) is 0 Å². The molecule has 0 saturated carbocycles. The maximum atomic E-state index is 6.06. The molecule has 7 heteroatoms. The molecule has 0 unspecified atom stereocenters. The monoisotopic (exact) mass is 485 g/mol. The molecule has 5 nitrogen and oxygen atoms in total. The van der Waals surface area contributed by atoms with Gasteiger partial charge in [-0.25, -0.2) is 0 Å². The highest BCUT2D eigenvalue weighted by molar-refractivity contribution is 14.0. The molecule has 3 rings (SSSR count). The molecule has 0 atom stereocenters. The summed E-state index contributed by atoms with van der Waals surface area (Å²) in [5.74, 6) is 0.869. The lowest BCUT2D eigenvalue weighted by molar-refractivity contribution is 0.462. The average Bonchev–Trinajstić information content (AvgIpc) is 3.13. The minimum atomic E-state index is 0. The second kappa shape index (κ2) is 9.32. The number of nitrogens with one attached hydrogen (secondary N) is 2. The van der Waals surface area contributed by atoms with Crippen LogP contribution in [0.15, 0.2) is 47.6 Å². The number of aromatic nitrogens is 2. The summed E-state index contributed by atoms with van der Waals surface area (Å²) in [6.45, 7) is 1.56. The molecule has 0 aliphatic carbocycles. The van der Waals surface area contributed by atoms with Crippen molar-refractivity contribution in [2.24, 2.45) is 12.0 Å². The molecule has 0 fully saturated rings. The maximum absolute atomic E-state index is 6.06. The van der Waals surface area contributed by atoms with E-state index in [1.165, 1.54) is 16.6 Å². The Morgan fingerprint density at radius 1 is 1.31 bits per heavy atom. The van der Waals surface area contributed by atoms with E-state index in [0.29, 0.717) is 0 Å². The number of aromatic amines is 1. The number of H-pyrrole nitrogens is 1. The number of para-hydroxylation sites is 1. The summed E-state index contributed by atoms with van der Waals surface area (Å²) in [5, 5.41) is 5.43. The molecule has 2 aromatic heterocycles. The standard InChI is InChI=1S/C19H24ClN5.HI/c1-21-19(25(3)13-17-11-15(20)12-24(17)2)22-9-8-16-10-14-6-4-5-7-18(14)23-16;/h4-7,10-12,23H,8-9,13H2,1-3H3,(H,21,22);1H. The highest BCUT2D eigenvalue weighted by atomic mass is 127. The van der Waals surface area contributed by atoms with Crippen LogP contribution in [0.25, 0.3) is 10.9 Å². The summed E-state index contributed by atoms with van der Waals surface area (Å²) in [5.41, 5.74) is 3.55. The predicted octanol–water partition coefficient (Wildman–Crippen LogP) is 4.03. The van der Waals surface area contributed by atoms with Crippen LogP contribution in [0.1, 0.15) is 11.4 Å². The molecule has 0 aliphatic heterocycles. The number of hydrogen-bond acceptors (Lipinski definition) is 1. The van der Waals surface area contributed by atoms with Crippen molar-refractivity contribution in [2.75, 3.05) is 20.6 Å². The molecule has 3 aromatic rings. The summed E-state index contributed by atoms with van der Waals surface area (Å²) in [6, 6.07) is 12.5. The van der Waals surface area contributed by atoms with Crippen LogP contribution >= 0.6 is 35.6 Å². The van der Waals surface area contributed by atoms with Gasteiger partial charge in [-0.3, -0.25) is 4.99 Å². The van der Waals surface area contributed by atoms with Crippen LogP contribution in [0, 0.1) is 0 Å². The third-order valence-electron chi connectivity index (χ3n) is 4.31. The van der Waals surface area contributed by atoms with Gasteiger partial charge in [0.15, 0.2) is 5.96 Å². The highest BCUT2D eigenvalue weighted by Gasteiger charge is 2.10. The molecule has 0 spiro atoms. The summed E-state index contributed by atoms with van der Waals surface area (Å²) in [6.07, 6.45) is 2.83. The number of rotatable bonds is 5.